The molecule has 0 radical (unpaired) electrons. The number of imidazole rings is 1. The van der Waals surface area contributed by atoms with Crippen molar-refractivity contribution in [2.45, 2.75) is 51.2 Å². The van der Waals surface area contributed by atoms with E-state index in [1.54, 1.807) is 18.5 Å². The topological polar surface area (TPSA) is 91.3 Å². The number of aromatic nitrogens is 2. The number of ether oxygens (including phenoxy) is 2. The van der Waals surface area contributed by atoms with E-state index in [4.69, 9.17) is 9.47 Å². The highest BCUT2D eigenvalue weighted by Gasteiger charge is 2.35. The van der Waals surface area contributed by atoms with Crippen LogP contribution in [-0.4, -0.2) is 109 Å². The van der Waals surface area contributed by atoms with Crippen molar-refractivity contribution >= 4 is 18.6 Å². The molecule has 2 aromatic heterocycles. The predicted octanol–water partition coefficient (Wildman–Crippen LogP) is 4.83. The van der Waals surface area contributed by atoms with Gasteiger partial charge in [0.15, 0.2) is 0 Å². The second-order valence-electron chi connectivity index (χ2n) is 13.8. The van der Waals surface area contributed by atoms with Crippen LogP contribution in [0.3, 0.4) is 0 Å². The van der Waals surface area contributed by atoms with Gasteiger partial charge < -0.3 is 19.7 Å². The van der Waals surface area contributed by atoms with Crippen LogP contribution in [-0.2, 0) is 41.8 Å². The molecule has 2 saturated heterocycles. The van der Waals surface area contributed by atoms with Gasteiger partial charge in [0.05, 0.1) is 42.7 Å². The summed E-state index contributed by atoms with van der Waals surface area (Å²) in [6.07, 6.45) is 1.98. The second-order valence-corrected chi connectivity index (χ2v) is 13.8. The van der Waals surface area contributed by atoms with Crippen molar-refractivity contribution in [3.05, 3.63) is 105 Å². The molecule has 284 valence electrons. The fourth-order valence-electron chi connectivity index (χ4n) is 6.92. The third-order valence-electron chi connectivity index (χ3n) is 9.83. The molecular weight excluding hydrogens is 685 g/mol. The van der Waals surface area contributed by atoms with Crippen molar-refractivity contribution in [2.75, 3.05) is 66.1 Å². The molecule has 4 heterocycles. The van der Waals surface area contributed by atoms with Crippen LogP contribution in [0.25, 0.3) is 11.2 Å². The van der Waals surface area contributed by atoms with Gasteiger partial charge in [-0.05, 0) is 59.7 Å². The summed E-state index contributed by atoms with van der Waals surface area (Å²) < 4.78 is 57.5. The average molecular weight is 735 g/mol. The van der Waals surface area contributed by atoms with Gasteiger partial charge in [0.2, 0.25) is 0 Å². The van der Waals surface area contributed by atoms with Gasteiger partial charge in [-0.3, -0.25) is 18.8 Å². The van der Waals surface area contributed by atoms with Crippen LogP contribution in [0, 0.1) is 0 Å². The lowest BCUT2D eigenvalue weighted by Gasteiger charge is -2.32. The Labute approximate surface area is 308 Å². The SMILES string of the molecule is C=N/N=C\N(C)CCc1cccc(-n2cc3c(C(F)(F)F)cc(CN4CCC(OCCOCc5ccc(CN6CCNCC6)cc5)CC4)cn3c2=O)c1. The first kappa shape index (κ1) is 38.4. The molecule has 0 bridgehead atoms. The van der Waals surface area contributed by atoms with Crippen LogP contribution in [0.2, 0.25) is 0 Å². The monoisotopic (exact) mass is 734 g/mol. The first-order valence-corrected chi connectivity index (χ1v) is 18.2. The minimum absolute atomic E-state index is 0.0671. The molecule has 53 heavy (non-hydrogen) atoms. The first-order chi connectivity index (χ1) is 25.7. The Balaban J connectivity index is 0.996. The Hall–Kier alpha value is -4.34. The number of benzene rings is 2. The summed E-state index contributed by atoms with van der Waals surface area (Å²) >= 11 is 0. The molecule has 2 aromatic carbocycles. The van der Waals surface area contributed by atoms with Gasteiger partial charge in [0.1, 0.15) is 6.34 Å². The maximum absolute atomic E-state index is 14.4. The summed E-state index contributed by atoms with van der Waals surface area (Å²) in [4.78, 5) is 20.0. The zero-order valence-corrected chi connectivity index (χ0v) is 30.3. The van der Waals surface area contributed by atoms with E-state index in [0.717, 1.165) is 61.1 Å². The van der Waals surface area contributed by atoms with Crippen LogP contribution in [0.1, 0.15) is 40.7 Å². The Morgan fingerprint density at radius 2 is 1.64 bits per heavy atom. The van der Waals surface area contributed by atoms with Crippen LogP contribution < -0.4 is 11.0 Å². The van der Waals surface area contributed by atoms with Crippen LogP contribution in [0.15, 0.2) is 82.0 Å². The molecule has 4 aromatic rings. The molecule has 11 nitrogen and oxygen atoms in total. The number of hydrogen-bond donors (Lipinski definition) is 1. The van der Waals surface area contributed by atoms with Crippen molar-refractivity contribution in [3.63, 3.8) is 0 Å². The van der Waals surface area contributed by atoms with Crippen molar-refractivity contribution < 1.29 is 22.6 Å². The van der Waals surface area contributed by atoms with E-state index in [9.17, 15) is 18.0 Å². The fraction of sp³-hybridized carbons (Fsp3) is 0.462. The van der Waals surface area contributed by atoms with E-state index in [1.165, 1.54) is 28.6 Å². The molecule has 2 fully saturated rings. The zero-order valence-electron chi connectivity index (χ0n) is 30.3. The molecule has 1 N–H and O–H groups in total. The number of piperazine rings is 1. The Morgan fingerprint density at radius 3 is 2.38 bits per heavy atom. The summed E-state index contributed by atoms with van der Waals surface area (Å²) in [6, 6.07) is 17.0. The van der Waals surface area contributed by atoms with E-state index in [2.05, 4.69) is 56.3 Å². The molecule has 2 aliphatic rings. The minimum Gasteiger partial charge on any atom is -0.376 e. The van der Waals surface area contributed by atoms with E-state index >= 15 is 0 Å². The largest absolute Gasteiger partial charge is 0.418 e. The zero-order chi connectivity index (χ0) is 37.2. The first-order valence-electron chi connectivity index (χ1n) is 18.2. The second kappa shape index (κ2) is 18.1. The quantitative estimate of drug-likeness (QED) is 0.0764. The van der Waals surface area contributed by atoms with E-state index < -0.39 is 17.4 Å². The standard InChI is InChI=1S/C39H49F3N8O3/c1-43-45-29-46(2)15-10-30-4-3-5-34(22-30)49-27-37-36(39(40,41)42)23-33(26-50(37)38(49)51)25-47-16-11-35(12-17-47)53-21-20-52-28-32-8-6-31(7-9-32)24-48-18-13-44-14-19-48/h3-9,22-23,26-27,29,35,44H,1,10-21,24-25,28H2,2H3/b45-29-. The third-order valence-corrected chi connectivity index (χ3v) is 9.83. The highest BCUT2D eigenvalue weighted by atomic mass is 19.4. The molecular formula is C39H49F3N8O3. The molecule has 0 spiro atoms. The van der Waals surface area contributed by atoms with E-state index in [0.29, 0.717) is 63.7 Å². The van der Waals surface area contributed by atoms with Crippen LogP contribution in [0.4, 0.5) is 13.2 Å². The number of piperidine rings is 1. The van der Waals surface area contributed by atoms with Crippen molar-refractivity contribution in [2.24, 2.45) is 10.2 Å². The Kier molecular flexibility index (Phi) is 13.1. The molecule has 0 unspecified atom stereocenters. The molecule has 14 heteroatoms. The van der Waals surface area contributed by atoms with Gasteiger partial charge in [-0.25, -0.2) is 4.79 Å². The van der Waals surface area contributed by atoms with Crippen LogP contribution >= 0.6 is 0 Å². The number of rotatable bonds is 16. The number of halogens is 3. The highest BCUT2D eigenvalue weighted by molar-refractivity contribution is 5.58. The molecule has 0 amide bonds. The Bertz CT molecular complexity index is 1880. The third kappa shape index (κ3) is 10.6. The maximum Gasteiger partial charge on any atom is 0.418 e. The summed E-state index contributed by atoms with van der Waals surface area (Å²) in [5.74, 6) is 0. The van der Waals surface area contributed by atoms with Gasteiger partial charge in [-0.1, -0.05) is 36.4 Å². The lowest BCUT2D eigenvalue weighted by atomic mass is 10.1. The van der Waals surface area contributed by atoms with E-state index in [-0.39, 0.29) is 11.6 Å². The lowest BCUT2D eigenvalue weighted by Crippen LogP contribution is -2.42. The summed E-state index contributed by atoms with van der Waals surface area (Å²) in [7, 11) is 1.85. The smallest absolute Gasteiger partial charge is 0.376 e. The molecule has 0 saturated carbocycles. The molecule has 2 aliphatic heterocycles. The minimum atomic E-state index is -4.63. The number of likely N-dealkylation sites (tertiary alicyclic amines) is 1. The van der Waals surface area contributed by atoms with Gasteiger partial charge in [-0.15, -0.1) is 5.10 Å². The number of nitrogens with one attached hydrogen (secondary N) is 1. The van der Waals surface area contributed by atoms with Gasteiger partial charge in [0.25, 0.3) is 0 Å². The summed E-state index contributed by atoms with van der Waals surface area (Å²) in [5.41, 5.74) is 2.73. The van der Waals surface area contributed by atoms with Crippen molar-refractivity contribution in [1.29, 1.82) is 0 Å². The Morgan fingerprint density at radius 1 is 0.925 bits per heavy atom. The number of nitrogens with zero attached hydrogens (tertiary/aromatic N) is 7. The number of fused-ring (bicyclic) bond motifs is 1. The predicted molar refractivity (Wildman–Crippen MR) is 201 cm³/mol. The normalized spacial score (nSPS) is 16.5. The van der Waals surface area contributed by atoms with Crippen LogP contribution in [0.5, 0.6) is 0 Å². The molecule has 0 aliphatic carbocycles. The molecule has 6 rings (SSSR count). The van der Waals surface area contributed by atoms with Gasteiger partial charge >= 0.3 is 11.9 Å². The molecule has 0 atom stereocenters. The van der Waals surface area contributed by atoms with Gasteiger partial charge in [-0.2, -0.15) is 18.3 Å². The lowest BCUT2D eigenvalue weighted by molar-refractivity contribution is -0.136. The van der Waals surface area contributed by atoms with Crippen molar-refractivity contribution in [3.8, 4) is 5.69 Å². The van der Waals surface area contributed by atoms with Gasteiger partial charge in [0, 0.05) is 85.1 Å². The summed E-state index contributed by atoms with van der Waals surface area (Å²) in [6.45, 7) is 12.3. The average Bonchev–Trinajstić information content (AvgIpc) is 3.49. The summed E-state index contributed by atoms with van der Waals surface area (Å²) in [5, 5.41) is 10.6. The maximum atomic E-state index is 14.4. The van der Waals surface area contributed by atoms with E-state index in [1.807, 2.05) is 24.1 Å². The highest BCUT2D eigenvalue weighted by Crippen LogP contribution is 2.34. The number of hydrogen-bond acceptors (Lipinski definition) is 8. The number of likely N-dealkylation sites (N-methyl/N-ethyl adjacent to an activating group) is 1. The number of alkyl halides is 3. The fourth-order valence-corrected chi connectivity index (χ4v) is 6.92. The number of pyridine rings is 1. The van der Waals surface area contributed by atoms with Crippen molar-refractivity contribution in [1.82, 2.24) is 29.0 Å².